The topological polar surface area (TPSA) is 98.0 Å². The lowest BCUT2D eigenvalue weighted by molar-refractivity contribution is 0.597. The Hall–Kier alpha value is -1.21. The Balaban J connectivity index is 3.09. The van der Waals surface area contributed by atoms with E-state index in [-0.39, 0.29) is 4.90 Å². The summed E-state index contributed by atoms with van der Waals surface area (Å²) in [5.74, 6) is 0.349. The molecular weight excluding hydrogens is 180 g/mol. The van der Waals surface area contributed by atoms with E-state index in [9.17, 15) is 8.42 Å². The number of hydrogen-bond acceptors (Lipinski definition) is 5. The van der Waals surface area contributed by atoms with Gasteiger partial charge in [-0.15, -0.1) is 0 Å². The number of aromatic nitrogens is 2. The number of nitrogens with zero attached hydrogens (tertiary/aromatic N) is 2. The lowest BCUT2D eigenvalue weighted by Gasteiger charge is -1.98. The maximum Gasteiger partial charge on any atom is 0.241 e. The van der Waals surface area contributed by atoms with Crippen molar-refractivity contribution in [2.75, 3.05) is 12.4 Å². The van der Waals surface area contributed by atoms with Gasteiger partial charge in [0.2, 0.25) is 16.0 Å². The Kier molecular flexibility index (Phi) is 2.25. The molecule has 0 atom stereocenters. The van der Waals surface area contributed by atoms with Crippen LogP contribution in [0.3, 0.4) is 0 Å². The summed E-state index contributed by atoms with van der Waals surface area (Å²) in [5.41, 5.74) is 0. The molecular formula is C5H8N4O2S. The lowest BCUT2D eigenvalue weighted by atomic mass is 10.7. The average Bonchev–Trinajstić information content (AvgIpc) is 2.03. The fourth-order valence-corrected chi connectivity index (χ4v) is 0.991. The average molecular weight is 188 g/mol. The molecule has 0 saturated carbocycles. The van der Waals surface area contributed by atoms with E-state index >= 15 is 0 Å². The van der Waals surface area contributed by atoms with Crippen molar-refractivity contribution in [3.8, 4) is 0 Å². The summed E-state index contributed by atoms with van der Waals surface area (Å²) in [6.07, 6.45) is 2.29. The third-order valence-corrected chi connectivity index (χ3v) is 2.05. The van der Waals surface area contributed by atoms with Gasteiger partial charge in [0.05, 0.1) is 12.4 Å². The highest BCUT2D eigenvalue weighted by Gasteiger charge is 2.07. The Morgan fingerprint density at radius 1 is 1.42 bits per heavy atom. The van der Waals surface area contributed by atoms with Crippen molar-refractivity contribution < 1.29 is 8.42 Å². The molecule has 0 aromatic carbocycles. The van der Waals surface area contributed by atoms with Crippen LogP contribution in [0.4, 0.5) is 5.95 Å². The molecule has 0 fully saturated rings. The first kappa shape index (κ1) is 8.88. The number of rotatable bonds is 2. The molecule has 1 aromatic rings. The lowest BCUT2D eigenvalue weighted by Crippen LogP contribution is -2.13. The minimum absolute atomic E-state index is 0.0958. The van der Waals surface area contributed by atoms with Crippen LogP contribution >= 0.6 is 0 Å². The zero-order chi connectivity index (χ0) is 9.19. The number of hydrogen-bond donors (Lipinski definition) is 2. The van der Waals surface area contributed by atoms with Crippen LogP contribution in [-0.2, 0) is 10.0 Å². The first-order valence-corrected chi connectivity index (χ1v) is 4.61. The van der Waals surface area contributed by atoms with E-state index in [2.05, 4.69) is 15.3 Å². The van der Waals surface area contributed by atoms with Crippen LogP contribution in [0.25, 0.3) is 0 Å². The van der Waals surface area contributed by atoms with Gasteiger partial charge in [-0.05, 0) is 0 Å². The molecule has 0 aliphatic rings. The number of nitrogens with two attached hydrogens (primary N) is 1. The monoisotopic (exact) mass is 188 g/mol. The van der Waals surface area contributed by atoms with E-state index in [4.69, 9.17) is 5.14 Å². The van der Waals surface area contributed by atoms with Gasteiger partial charge in [-0.1, -0.05) is 0 Å². The van der Waals surface area contributed by atoms with E-state index in [1.54, 1.807) is 7.05 Å². The van der Waals surface area contributed by atoms with Crippen LogP contribution in [0.1, 0.15) is 0 Å². The highest BCUT2D eigenvalue weighted by molar-refractivity contribution is 7.89. The Labute approximate surface area is 69.9 Å². The van der Waals surface area contributed by atoms with Gasteiger partial charge in [-0.2, -0.15) is 0 Å². The van der Waals surface area contributed by atoms with Crippen molar-refractivity contribution in [2.24, 2.45) is 5.14 Å². The summed E-state index contributed by atoms with van der Waals surface area (Å²) < 4.78 is 21.4. The van der Waals surface area contributed by atoms with Crippen LogP contribution in [0, 0.1) is 0 Å². The highest BCUT2D eigenvalue weighted by Crippen LogP contribution is 2.03. The van der Waals surface area contributed by atoms with Crippen molar-refractivity contribution >= 4 is 16.0 Å². The molecule has 0 bridgehead atoms. The molecule has 0 spiro atoms. The van der Waals surface area contributed by atoms with Crippen molar-refractivity contribution in [1.29, 1.82) is 0 Å². The number of sulfonamides is 1. The molecule has 6 nitrogen and oxygen atoms in total. The highest BCUT2D eigenvalue weighted by atomic mass is 32.2. The maximum atomic E-state index is 10.7. The minimum Gasteiger partial charge on any atom is -0.357 e. The predicted molar refractivity (Wildman–Crippen MR) is 43.0 cm³/mol. The predicted octanol–water partition coefficient (Wildman–Crippen LogP) is -0.834. The first-order valence-electron chi connectivity index (χ1n) is 3.06. The molecule has 7 heteroatoms. The van der Waals surface area contributed by atoms with Gasteiger partial charge in [0.1, 0.15) is 4.90 Å². The van der Waals surface area contributed by atoms with Gasteiger partial charge in [0.25, 0.3) is 0 Å². The second kappa shape index (κ2) is 3.03. The standard InChI is InChI=1S/C5H8N4O2S/c1-7-5-8-2-4(3-9-5)12(6,10)11/h2-3H,1H3,(H2,6,10,11)(H,7,8,9). The molecule has 0 saturated heterocycles. The quantitative estimate of drug-likeness (QED) is 0.631. The third-order valence-electron chi connectivity index (χ3n) is 1.18. The van der Waals surface area contributed by atoms with Crippen LogP contribution in [0.15, 0.2) is 17.3 Å². The molecule has 1 rings (SSSR count). The molecule has 66 valence electrons. The molecule has 0 aliphatic heterocycles. The van der Waals surface area contributed by atoms with Crippen molar-refractivity contribution in [3.05, 3.63) is 12.4 Å². The molecule has 0 unspecified atom stereocenters. The Morgan fingerprint density at radius 2 is 1.92 bits per heavy atom. The molecule has 0 amide bonds. The van der Waals surface area contributed by atoms with Crippen molar-refractivity contribution in [1.82, 2.24) is 9.97 Å². The van der Waals surface area contributed by atoms with E-state index in [1.165, 1.54) is 0 Å². The molecule has 0 radical (unpaired) electrons. The van der Waals surface area contributed by atoms with Crippen molar-refractivity contribution in [3.63, 3.8) is 0 Å². The van der Waals surface area contributed by atoms with Crippen LogP contribution in [0.2, 0.25) is 0 Å². The number of nitrogens with one attached hydrogen (secondary N) is 1. The number of primary sulfonamides is 1. The Morgan fingerprint density at radius 3 is 2.25 bits per heavy atom. The van der Waals surface area contributed by atoms with Gasteiger partial charge >= 0.3 is 0 Å². The summed E-state index contributed by atoms with van der Waals surface area (Å²) in [5, 5.41) is 7.47. The second-order valence-electron chi connectivity index (χ2n) is 2.04. The van der Waals surface area contributed by atoms with E-state index in [1.807, 2.05) is 0 Å². The molecule has 1 heterocycles. The van der Waals surface area contributed by atoms with Gasteiger partial charge in [-0.25, -0.2) is 23.5 Å². The normalized spacial score (nSPS) is 11.2. The smallest absolute Gasteiger partial charge is 0.241 e. The molecule has 1 aromatic heterocycles. The van der Waals surface area contributed by atoms with E-state index in [0.29, 0.717) is 5.95 Å². The summed E-state index contributed by atoms with van der Waals surface area (Å²) in [6, 6.07) is 0. The molecule has 3 N–H and O–H groups in total. The number of anilines is 1. The Bertz CT molecular complexity index is 358. The minimum atomic E-state index is -3.68. The summed E-state index contributed by atoms with van der Waals surface area (Å²) in [4.78, 5) is 7.27. The molecule has 12 heavy (non-hydrogen) atoms. The second-order valence-corrected chi connectivity index (χ2v) is 3.60. The summed E-state index contributed by atoms with van der Waals surface area (Å²) >= 11 is 0. The van der Waals surface area contributed by atoms with Gasteiger partial charge < -0.3 is 5.32 Å². The van der Waals surface area contributed by atoms with Gasteiger partial charge in [0, 0.05) is 7.05 Å². The fraction of sp³-hybridized carbons (Fsp3) is 0.200. The summed E-state index contributed by atoms with van der Waals surface area (Å²) in [7, 11) is -2.05. The van der Waals surface area contributed by atoms with Crippen LogP contribution < -0.4 is 10.5 Å². The van der Waals surface area contributed by atoms with Crippen LogP contribution in [0.5, 0.6) is 0 Å². The van der Waals surface area contributed by atoms with Gasteiger partial charge in [0.15, 0.2) is 0 Å². The third kappa shape index (κ3) is 1.89. The summed E-state index contributed by atoms with van der Waals surface area (Å²) in [6.45, 7) is 0. The SMILES string of the molecule is CNc1ncc(S(N)(=O)=O)cn1. The van der Waals surface area contributed by atoms with Crippen molar-refractivity contribution in [2.45, 2.75) is 4.90 Å². The zero-order valence-corrected chi connectivity index (χ0v) is 7.17. The fourth-order valence-electron chi connectivity index (χ4n) is 0.592. The van der Waals surface area contributed by atoms with Crippen LogP contribution in [-0.4, -0.2) is 25.4 Å². The largest absolute Gasteiger partial charge is 0.357 e. The van der Waals surface area contributed by atoms with E-state index in [0.717, 1.165) is 12.4 Å². The zero-order valence-electron chi connectivity index (χ0n) is 6.35. The molecule has 0 aliphatic carbocycles. The maximum absolute atomic E-state index is 10.7. The van der Waals surface area contributed by atoms with E-state index < -0.39 is 10.0 Å². The first-order chi connectivity index (χ1) is 5.54. The van der Waals surface area contributed by atoms with Gasteiger partial charge in [-0.3, -0.25) is 0 Å².